The van der Waals surface area contributed by atoms with Gasteiger partial charge in [-0.3, -0.25) is 9.59 Å². The van der Waals surface area contributed by atoms with Crippen LogP contribution in [-0.2, 0) is 9.59 Å². The summed E-state index contributed by atoms with van der Waals surface area (Å²) in [5.74, 6) is 0.719. The zero-order valence-electron chi connectivity index (χ0n) is 18.4. The molecule has 1 aliphatic rings. The molecule has 0 N–H and O–H groups in total. The lowest BCUT2D eigenvalue weighted by atomic mass is 9.92. The van der Waals surface area contributed by atoms with Crippen LogP contribution >= 0.6 is 0 Å². The lowest BCUT2D eigenvalue weighted by Crippen LogP contribution is -2.37. The van der Waals surface area contributed by atoms with Gasteiger partial charge in [0.25, 0.3) is 0 Å². The molecule has 0 bridgehead atoms. The van der Waals surface area contributed by atoms with Gasteiger partial charge in [-0.25, -0.2) is 0 Å². The van der Waals surface area contributed by atoms with Gasteiger partial charge in [0.1, 0.15) is 11.5 Å². The highest BCUT2D eigenvalue weighted by molar-refractivity contribution is 6.05. The van der Waals surface area contributed by atoms with Crippen molar-refractivity contribution in [3.8, 4) is 11.5 Å². The summed E-state index contributed by atoms with van der Waals surface area (Å²) in [6.07, 6.45) is 0.138. The molecule has 3 aromatic rings. The maximum atomic E-state index is 13.6. The Balaban J connectivity index is 1.74. The molecule has 0 saturated carbocycles. The van der Waals surface area contributed by atoms with Crippen LogP contribution in [0.4, 0.5) is 11.4 Å². The average molecular weight is 431 g/mol. The van der Waals surface area contributed by atoms with E-state index < -0.39 is 12.0 Å². The number of anilines is 2. The van der Waals surface area contributed by atoms with Gasteiger partial charge in [0.2, 0.25) is 11.8 Å². The van der Waals surface area contributed by atoms with E-state index in [1.54, 1.807) is 31.1 Å². The maximum absolute atomic E-state index is 13.6. The standard InChI is InChI=1S/C26H26N2O4/c1-27(19-7-5-4-6-8-19)26(30)23-17-24(29)28(20-11-15-22(32-3)16-12-20)25(23)18-9-13-21(31-2)14-10-18/h4-16,23,25H,17H2,1-3H3/t23-,25-/m0/s1. The monoisotopic (exact) mass is 430 g/mol. The van der Waals surface area contributed by atoms with Crippen LogP contribution in [0, 0.1) is 5.92 Å². The van der Waals surface area contributed by atoms with Crippen LogP contribution in [0.5, 0.6) is 11.5 Å². The van der Waals surface area contributed by atoms with Crippen molar-refractivity contribution < 1.29 is 19.1 Å². The maximum Gasteiger partial charge on any atom is 0.232 e. The number of carbonyl (C=O) groups is 2. The molecule has 3 aromatic carbocycles. The summed E-state index contributed by atoms with van der Waals surface area (Å²) in [6, 6.07) is 23.9. The fourth-order valence-corrected chi connectivity index (χ4v) is 4.21. The summed E-state index contributed by atoms with van der Waals surface area (Å²) in [4.78, 5) is 30.1. The highest BCUT2D eigenvalue weighted by Gasteiger charge is 2.46. The largest absolute Gasteiger partial charge is 0.497 e. The Morgan fingerprint density at radius 2 is 1.44 bits per heavy atom. The molecule has 2 amide bonds. The molecular formula is C26H26N2O4. The van der Waals surface area contributed by atoms with E-state index in [1.165, 1.54) is 0 Å². The molecule has 1 fully saturated rings. The minimum atomic E-state index is -0.525. The van der Waals surface area contributed by atoms with E-state index in [9.17, 15) is 9.59 Å². The zero-order chi connectivity index (χ0) is 22.7. The SMILES string of the molecule is COc1ccc([C@H]2[C@@H](C(=O)N(C)c3ccccc3)CC(=O)N2c2ccc(OC)cc2)cc1. The number of amides is 2. The molecule has 1 heterocycles. The van der Waals surface area contributed by atoms with Crippen molar-refractivity contribution in [3.05, 3.63) is 84.4 Å². The van der Waals surface area contributed by atoms with E-state index in [-0.39, 0.29) is 18.2 Å². The first-order valence-corrected chi connectivity index (χ1v) is 10.5. The molecule has 0 unspecified atom stereocenters. The fourth-order valence-electron chi connectivity index (χ4n) is 4.21. The van der Waals surface area contributed by atoms with E-state index in [2.05, 4.69) is 0 Å². The van der Waals surface area contributed by atoms with Gasteiger partial charge in [0.05, 0.1) is 26.2 Å². The molecule has 6 heteroatoms. The van der Waals surface area contributed by atoms with Gasteiger partial charge < -0.3 is 19.3 Å². The van der Waals surface area contributed by atoms with Crippen molar-refractivity contribution in [2.45, 2.75) is 12.5 Å². The lowest BCUT2D eigenvalue weighted by molar-refractivity contribution is -0.124. The van der Waals surface area contributed by atoms with Gasteiger partial charge >= 0.3 is 0 Å². The number of hydrogen-bond acceptors (Lipinski definition) is 4. The molecule has 32 heavy (non-hydrogen) atoms. The van der Waals surface area contributed by atoms with Crippen LogP contribution in [0.3, 0.4) is 0 Å². The van der Waals surface area contributed by atoms with Crippen molar-refractivity contribution in [2.24, 2.45) is 5.92 Å². The molecule has 0 aromatic heterocycles. The predicted molar refractivity (Wildman–Crippen MR) is 124 cm³/mol. The first-order valence-electron chi connectivity index (χ1n) is 10.5. The summed E-state index contributed by atoms with van der Waals surface area (Å²) in [6.45, 7) is 0. The Kier molecular flexibility index (Phi) is 6.12. The average Bonchev–Trinajstić information content (AvgIpc) is 3.20. The highest BCUT2D eigenvalue weighted by atomic mass is 16.5. The number of nitrogens with zero attached hydrogens (tertiary/aromatic N) is 2. The molecule has 1 saturated heterocycles. The van der Waals surface area contributed by atoms with E-state index in [0.29, 0.717) is 5.75 Å². The molecule has 0 spiro atoms. The van der Waals surface area contributed by atoms with Gasteiger partial charge in [-0.2, -0.15) is 0 Å². The van der Waals surface area contributed by atoms with Crippen LogP contribution < -0.4 is 19.3 Å². The van der Waals surface area contributed by atoms with Gasteiger partial charge in [-0.05, 0) is 54.1 Å². The van der Waals surface area contributed by atoms with Crippen LogP contribution in [0.1, 0.15) is 18.0 Å². The summed E-state index contributed by atoms with van der Waals surface area (Å²) in [5, 5.41) is 0. The minimum absolute atomic E-state index is 0.0872. The quantitative estimate of drug-likeness (QED) is 0.579. The van der Waals surface area contributed by atoms with E-state index in [0.717, 1.165) is 22.7 Å². The van der Waals surface area contributed by atoms with Crippen LogP contribution in [0.2, 0.25) is 0 Å². The molecule has 164 valence electrons. The second-order valence-corrected chi connectivity index (χ2v) is 7.72. The summed E-state index contributed by atoms with van der Waals surface area (Å²) in [5.41, 5.74) is 2.41. The number of para-hydroxylation sites is 1. The zero-order valence-corrected chi connectivity index (χ0v) is 18.4. The highest BCUT2D eigenvalue weighted by Crippen LogP contribution is 2.43. The third-order valence-electron chi connectivity index (χ3n) is 5.92. The first kappa shape index (κ1) is 21.4. The molecule has 0 radical (unpaired) electrons. The first-order chi connectivity index (χ1) is 15.5. The smallest absolute Gasteiger partial charge is 0.232 e. The van der Waals surface area contributed by atoms with E-state index >= 15 is 0 Å². The van der Waals surface area contributed by atoms with Crippen molar-refractivity contribution in [3.63, 3.8) is 0 Å². The van der Waals surface area contributed by atoms with E-state index in [1.807, 2.05) is 78.9 Å². The van der Waals surface area contributed by atoms with Crippen molar-refractivity contribution in [2.75, 3.05) is 31.1 Å². The van der Waals surface area contributed by atoms with E-state index in [4.69, 9.17) is 9.47 Å². The number of methoxy groups -OCH3 is 2. The minimum Gasteiger partial charge on any atom is -0.497 e. The number of carbonyl (C=O) groups excluding carboxylic acids is 2. The van der Waals surface area contributed by atoms with Crippen molar-refractivity contribution >= 4 is 23.2 Å². The lowest BCUT2D eigenvalue weighted by Gasteiger charge is -2.30. The van der Waals surface area contributed by atoms with Crippen LogP contribution in [-0.4, -0.2) is 33.1 Å². The molecule has 0 aliphatic carbocycles. The Bertz CT molecular complexity index is 1080. The third kappa shape index (κ3) is 4.04. The second-order valence-electron chi connectivity index (χ2n) is 7.72. The predicted octanol–water partition coefficient (Wildman–Crippen LogP) is 4.46. The number of benzene rings is 3. The number of rotatable bonds is 6. The van der Waals surface area contributed by atoms with Crippen LogP contribution in [0.25, 0.3) is 0 Å². The van der Waals surface area contributed by atoms with Crippen molar-refractivity contribution in [1.29, 1.82) is 0 Å². The molecule has 1 aliphatic heterocycles. The van der Waals surface area contributed by atoms with Gasteiger partial charge in [0, 0.05) is 24.8 Å². The topological polar surface area (TPSA) is 59.1 Å². The Morgan fingerprint density at radius 1 is 0.875 bits per heavy atom. The number of ether oxygens (including phenoxy) is 2. The summed E-state index contributed by atoms with van der Waals surface area (Å²) >= 11 is 0. The molecule has 6 nitrogen and oxygen atoms in total. The van der Waals surface area contributed by atoms with Gasteiger partial charge in [-0.15, -0.1) is 0 Å². The molecule has 2 atom stereocenters. The van der Waals surface area contributed by atoms with Gasteiger partial charge in [-0.1, -0.05) is 30.3 Å². The third-order valence-corrected chi connectivity index (χ3v) is 5.92. The van der Waals surface area contributed by atoms with Crippen LogP contribution in [0.15, 0.2) is 78.9 Å². The normalized spacial score (nSPS) is 17.8. The second kappa shape index (κ2) is 9.14. The Morgan fingerprint density at radius 3 is 2.00 bits per heavy atom. The molecular weight excluding hydrogens is 404 g/mol. The molecule has 4 rings (SSSR count). The Hall–Kier alpha value is -3.80. The van der Waals surface area contributed by atoms with Crippen molar-refractivity contribution in [1.82, 2.24) is 0 Å². The summed E-state index contributed by atoms with van der Waals surface area (Å²) in [7, 11) is 4.96. The van der Waals surface area contributed by atoms with Gasteiger partial charge in [0.15, 0.2) is 0 Å². The fraction of sp³-hybridized carbons (Fsp3) is 0.231. The number of hydrogen-bond donors (Lipinski definition) is 0. The Labute approximate surface area is 188 Å². The summed E-state index contributed by atoms with van der Waals surface area (Å²) < 4.78 is 10.5.